The Kier molecular flexibility index (Phi) is 6.02. The second kappa shape index (κ2) is 9.12. The lowest BCUT2D eigenvalue weighted by Gasteiger charge is -2.38. The number of ether oxygens (including phenoxy) is 1. The monoisotopic (exact) mass is 462 g/mol. The summed E-state index contributed by atoms with van der Waals surface area (Å²) in [5.41, 5.74) is 3.58. The minimum absolute atomic E-state index is 0.00186. The average Bonchev–Trinajstić information content (AvgIpc) is 3.36. The van der Waals surface area contributed by atoms with Crippen LogP contribution in [-0.2, 0) is 14.3 Å². The molecule has 2 aromatic carbocycles. The van der Waals surface area contributed by atoms with Crippen molar-refractivity contribution in [1.29, 1.82) is 0 Å². The van der Waals surface area contributed by atoms with Gasteiger partial charge in [0.15, 0.2) is 0 Å². The summed E-state index contributed by atoms with van der Waals surface area (Å²) in [6.07, 6.45) is 4.01. The fraction of sp³-hybridized carbons (Fsp3) is 0.444. The molecule has 0 heterocycles. The molecular weight excluding hydrogens is 432 g/mol. The number of rotatable bonds is 7. The van der Waals surface area contributed by atoms with Crippen LogP contribution in [0.3, 0.4) is 0 Å². The van der Waals surface area contributed by atoms with Crippen molar-refractivity contribution in [2.24, 2.45) is 5.92 Å². The third-order valence-corrected chi connectivity index (χ3v) is 7.75. The van der Waals surface area contributed by atoms with E-state index < -0.39 is 17.6 Å². The topological polar surface area (TPSA) is 105 Å². The summed E-state index contributed by atoms with van der Waals surface area (Å²) >= 11 is 0. The maximum atomic E-state index is 12.7. The van der Waals surface area contributed by atoms with Gasteiger partial charge >= 0.3 is 12.1 Å². The number of carboxylic acids is 1. The molecule has 3 aliphatic carbocycles. The molecule has 2 atom stereocenters. The van der Waals surface area contributed by atoms with Crippen molar-refractivity contribution in [3.63, 3.8) is 0 Å². The van der Waals surface area contributed by atoms with Crippen LogP contribution in [0.5, 0.6) is 0 Å². The van der Waals surface area contributed by atoms with Gasteiger partial charge in [0, 0.05) is 18.4 Å². The van der Waals surface area contributed by atoms with Gasteiger partial charge in [-0.2, -0.15) is 0 Å². The number of carbonyl (C=O) groups excluding carboxylic acids is 2. The summed E-state index contributed by atoms with van der Waals surface area (Å²) in [6, 6.07) is 16.3. The number of alkyl carbamates (subject to hydrolysis) is 1. The Labute approximate surface area is 198 Å². The highest BCUT2D eigenvalue weighted by molar-refractivity contribution is 5.88. The van der Waals surface area contributed by atoms with Crippen molar-refractivity contribution in [3.8, 4) is 11.1 Å². The van der Waals surface area contributed by atoms with Gasteiger partial charge in [0.25, 0.3) is 0 Å². The smallest absolute Gasteiger partial charge is 0.407 e. The molecule has 2 fully saturated rings. The largest absolute Gasteiger partial charge is 0.480 e. The average molecular weight is 463 g/mol. The second-order valence-corrected chi connectivity index (χ2v) is 9.76. The molecule has 7 heteroatoms. The van der Waals surface area contributed by atoms with Gasteiger partial charge in [-0.1, -0.05) is 55.0 Å². The predicted molar refractivity (Wildman–Crippen MR) is 126 cm³/mol. The zero-order valence-electron chi connectivity index (χ0n) is 19.1. The van der Waals surface area contributed by atoms with Crippen molar-refractivity contribution in [1.82, 2.24) is 10.6 Å². The number of nitrogens with one attached hydrogen (secondary N) is 2. The number of fused-ring (bicyclic) bond motifs is 3. The number of benzene rings is 2. The molecule has 0 radical (unpaired) electrons. The number of carboxylic acid groups (broad SMARTS) is 1. The zero-order chi connectivity index (χ0) is 23.7. The Bertz CT molecular complexity index is 1060. The Morgan fingerprint density at radius 3 is 2.18 bits per heavy atom. The molecule has 2 saturated carbocycles. The maximum absolute atomic E-state index is 12.7. The van der Waals surface area contributed by atoms with Gasteiger partial charge in [0.1, 0.15) is 12.1 Å². The molecule has 0 saturated heterocycles. The van der Waals surface area contributed by atoms with Crippen LogP contribution in [0.15, 0.2) is 48.5 Å². The van der Waals surface area contributed by atoms with E-state index in [1.807, 2.05) is 24.3 Å². The number of amides is 2. The lowest BCUT2D eigenvalue weighted by atomic mass is 9.76. The van der Waals surface area contributed by atoms with Crippen molar-refractivity contribution in [2.45, 2.75) is 62.4 Å². The fourth-order valence-corrected chi connectivity index (χ4v) is 5.74. The molecule has 7 nitrogen and oxygen atoms in total. The summed E-state index contributed by atoms with van der Waals surface area (Å²) in [7, 11) is 0. The molecule has 5 rings (SSSR count). The van der Waals surface area contributed by atoms with Crippen molar-refractivity contribution in [3.05, 3.63) is 59.7 Å². The molecule has 0 spiro atoms. The lowest BCUT2D eigenvalue weighted by Crippen LogP contribution is -2.59. The molecular formula is C27H30N2O5. The van der Waals surface area contributed by atoms with E-state index in [2.05, 4.69) is 34.9 Å². The Morgan fingerprint density at radius 2 is 1.59 bits per heavy atom. The molecule has 2 aromatic rings. The molecule has 178 valence electrons. The predicted octanol–water partition coefficient (Wildman–Crippen LogP) is 4.21. The Hall–Kier alpha value is -3.35. The normalized spacial score (nSPS) is 22.2. The number of hydrogen-bond donors (Lipinski definition) is 3. The first-order valence-electron chi connectivity index (χ1n) is 12.1. The van der Waals surface area contributed by atoms with Gasteiger partial charge in [-0.05, 0) is 60.3 Å². The molecule has 0 bridgehead atoms. The Balaban J connectivity index is 1.17. The van der Waals surface area contributed by atoms with E-state index in [0.29, 0.717) is 12.8 Å². The molecule has 2 amide bonds. The second-order valence-electron chi connectivity index (χ2n) is 9.76. The quantitative estimate of drug-likeness (QED) is 0.572. The zero-order valence-corrected chi connectivity index (χ0v) is 19.1. The van der Waals surface area contributed by atoms with E-state index in [-0.39, 0.29) is 36.8 Å². The van der Waals surface area contributed by atoms with Crippen LogP contribution >= 0.6 is 0 Å². The highest BCUT2D eigenvalue weighted by Gasteiger charge is 2.46. The first-order chi connectivity index (χ1) is 16.5. The molecule has 0 unspecified atom stereocenters. The van der Waals surface area contributed by atoms with E-state index >= 15 is 0 Å². The highest BCUT2D eigenvalue weighted by Crippen LogP contribution is 2.44. The van der Waals surface area contributed by atoms with Crippen LogP contribution < -0.4 is 10.6 Å². The molecule has 3 N–H and O–H groups in total. The lowest BCUT2D eigenvalue weighted by molar-refractivity contribution is -0.152. The minimum Gasteiger partial charge on any atom is -0.480 e. The number of aliphatic carboxylic acids is 1. The van der Waals surface area contributed by atoms with Gasteiger partial charge in [0.05, 0.1) is 0 Å². The standard InChI is InChI=1S/C27H30N2O5/c30-24(29-27(25(31)32)13-6-14-27)15-17-7-5-12-23(17)28-26(33)34-16-22-20-10-3-1-8-18(20)19-9-2-4-11-21(19)22/h1-4,8-11,17,22-23H,5-7,12-16H2,(H,28,33)(H,29,30)(H,31,32)/t17-,23+/m0/s1. The van der Waals surface area contributed by atoms with Gasteiger partial charge < -0.3 is 20.5 Å². The minimum atomic E-state index is -1.11. The molecule has 34 heavy (non-hydrogen) atoms. The first kappa shape index (κ1) is 22.4. The van der Waals surface area contributed by atoms with Crippen LogP contribution in [-0.4, -0.2) is 41.3 Å². The first-order valence-corrected chi connectivity index (χ1v) is 12.1. The van der Waals surface area contributed by atoms with Crippen LogP contribution in [0.25, 0.3) is 11.1 Å². The SMILES string of the molecule is O=C(C[C@@H]1CCC[C@H]1NC(=O)OCC1c2ccccc2-c2ccccc21)NC1(C(=O)O)CCC1. The van der Waals surface area contributed by atoms with E-state index in [1.54, 1.807) is 0 Å². The third kappa shape index (κ3) is 4.15. The van der Waals surface area contributed by atoms with Crippen molar-refractivity contribution in [2.75, 3.05) is 6.61 Å². The molecule has 3 aliphatic rings. The summed E-state index contributed by atoms with van der Waals surface area (Å²) in [5, 5.41) is 15.1. The van der Waals surface area contributed by atoms with Crippen LogP contribution in [0.2, 0.25) is 0 Å². The van der Waals surface area contributed by atoms with Gasteiger partial charge in [-0.3, -0.25) is 4.79 Å². The number of hydrogen-bond acceptors (Lipinski definition) is 4. The Morgan fingerprint density at radius 1 is 0.941 bits per heavy atom. The van der Waals surface area contributed by atoms with Gasteiger partial charge in [-0.15, -0.1) is 0 Å². The summed E-state index contributed by atoms with van der Waals surface area (Å²) in [6.45, 7) is 0.249. The number of carbonyl (C=O) groups is 3. The van der Waals surface area contributed by atoms with Gasteiger partial charge in [0.2, 0.25) is 5.91 Å². The molecule has 0 aromatic heterocycles. The summed E-state index contributed by atoms with van der Waals surface area (Å²) in [4.78, 5) is 36.8. The van der Waals surface area contributed by atoms with Crippen molar-refractivity contribution < 1.29 is 24.2 Å². The van der Waals surface area contributed by atoms with Crippen LogP contribution in [0, 0.1) is 5.92 Å². The maximum Gasteiger partial charge on any atom is 0.407 e. The van der Waals surface area contributed by atoms with Crippen molar-refractivity contribution >= 4 is 18.0 Å². The highest BCUT2D eigenvalue weighted by atomic mass is 16.5. The van der Waals surface area contributed by atoms with Gasteiger partial charge in [-0.25, -0.2) is 9.59 Å². The fourth-order valence-electron chi connectivity index (χ4n) is 5.74. The van der Waals surface area contributed by atoms with E-state index in [4.69, 9.17) is 4.74 Å². The van der Waals surface area contributed by atoms with E-state index in [1.165, 1.54) is 11.1 Å². The van der Waals surface area contributed by atoms with E-state index in [0.717, 1.165) is 36.8 Å². The summed E-state index contributed by atoms with van der Waals surface area (Å²) < 4.78 is 5.67. The third-order valence-electron chi connectivity index (χ3n) is 7.75. The van der Waals surface area contributed by atoms with E-state index in [9.17, 15) is 19.5 Å². The van der Waals surface area contributed by atoms with Crippen LogP contribution in [0.1, 0.15) is 62.0 Å². The molecule has 0 aliphatic heterocycles. The summed E-state index contributed by atoms with van der Waals surface area (Å²) in [5.74, 6) is -1.25. The van der Waals surface area contributed by atoms with Crippen LogP contribution in [0.4, 0.5) is 4.79 Å².